The van der Waals surface area contributed by atoms with Crippen molar-refractivity contribution in [3.63, 3.8) is 0 Å². The highest BCUT2D eigenvalue weighted by molar-refractivity contribution is 6.04. The van der Waals surface area contributed by atoms with Crippen LogP contribution in [0.5, 0.6) is 0 Å². The monoisotopic (exact) mass is 198 g/mol. The van der Waals surface area contributed by atoms with E-state index in [4.69, 9.17) is 4.52 Å². The zero-order chi connectivity index (χ0) is 10.3. The minimum absolute atomic E-state index is 0.354. The van der Waals surface area contributed by atoms with Crippen molar-refractivity contribution in [2.75, 3.05) is 0 Å². The third-order valence-electron chi connectivity index (χ3n) is 2.38. The first kappa shape index (κ1) is 8.11. The molecule has 0 aliphatic heterocycles. The van der Waals surface area contributed by atoms with E-state index in [2.05, 4.69) is 10.4 Å². The standard InChI is InChI=1S/C11H6N2O2/c14-11-10-8-4-2-1-3-7(8)5-6-9(10)15-13-12-11/h1-6H. The van der Waals surface area contributed by atoms with Crippen LogP contribution in [0.2, 0.25) is 0 Å². The maximum absolute atomic E-state index is 11.6. The van der Waals surface area contributed by atoms with Gasteiger partial charge in [-0.2, -0.15) is 0 Å². The molecule has 15 heavy (non-hydrogen) atoms. The van der Waals surface area contributed by atoms with Gasteiger partial charge in [-0.05, 0) is 16.8 Å². The van der Waals surface area contributed by atoms with Crippen molar-refractivity contribution >= 4 is 21.7 Å². The molecule has 0 fully saturated rings. The first-order valence-corrected chi connectivity index (χ1v) is 4.50. The summed E-state index contributed by atoms with van der Waals surface area (Å²) in [5.41, 5.74) is 0.113. The van der Waals surface area contributed by atoms with Crippen molar-refractivity contribution in [3.05, 3.63) is 46.8 Å². The van der Waals surface area contributed by atoms with Crippen LogP contribution in [0, 0.1) is 0 Å². The Morgan fingerprint density at radius 1 is 1.07 bits per heavy atom. The molecule has 0 aliphatic rings. The van der Waals surface area contributed by atoms with E-state index in [0.29, 0.717) is 11.0 Å². The Hall–Kier alpha value is -2.23. The third kappa shape index (κ3) is 1.11. The highest BCUT2D eigenvalue weighted by Gasteiger charge is 2.06. The molecule has 0 amide bonds. The Kier molecular flexibility index (Phi) is 1.56. The summed E-state index contributed by atoms with van der Waals surface area (Å²) in [6.07, 6.45) is 0. The Balaban J connectivity index is 2.70. The van der Waals surface area contributed by atoms with Gasteiger partial charge in [-0.15, -0.1) is 0 Å². The molecule has 1 aromatic heterocycles. The zero-order valence-electron chi connectivity index (χ0n) is 7.68. The summed E-state index contributed by atoms with van der Waals surface area (Å²) in [7, 11) is 0. The Morgan fingerprint density at radius 3 is 2.87 bits per heavy atom. The largest absolute Gasteiger partial charge is 0.338 e. The lowest BCUT2D eigenvalue weighted by atomic mass is 10.1. The third-order valence-corrected chi connectivity index (χ3v) is 2.38. The summed E-state index contributed by atoms with van der Waals surface area (Å²) < 4.78 is 4.94. The van der Waals surface area contributed by atoms with Gasteiger partial charge in [0.05, 0.1) is 5.39 Å². The predicted molar refractivity (Wildman–Crippen MR) is 55.6 cm³/mol. The minimum Gasteiger partial charge on any atom is -0.338 e. The van der Waals surface area contributed by atoms with Crippen LogP contribution in [0.25, 0.3) is 21.7 Å². The molecule has 0 atom stereocenters. The average molecular weight is 198 g/mol. The highest BCUT2D eigenvalue weighted by Crippen LogP contribution is 2.20. The lowest BCUT2D eigenvalue weighted by Crippen LogP contribution is -2.07. The molecule has 0 spiro atoms. The van der Waals surface area contributed by atoms with Crippen molar-refractivity contribution in [2.24, 2.45) is 0 Å². The van der Waals surface area contributed by atoms with E-state index in [-0.39, 0.29) is 5.56 Å². The summed E-state index contributed by atoms with van der Waals surface area (Å²) in [6.45, 7) is 0. The molecule has 1 heterocycles. The molecule has 0 saturated carbocycles. The van der Waals surface area contributed by atoms with Crippen molar-refractivity contribution < 1.29 is 4.52 Å². The van der Waals surface area contributed by atoms with E-state index < -0.39 is 0 Å². The van der Waals surface area contributed by atoms with Crippen molar-refractivity contribution in [3.8, 4) is 0 Å². The van der Waals surface area contributed by atoms with Gasteiger partial charge in [0.2, 0.25) is 0 Å². The van der Waals surface area contributed by atoms with Gasteiger partial charge in [0.25, 0.3) is 0 Å². The normalized spacial score (nSPS) is 10.9. The van der Waals surface area contributed by atoms with Gasteiger partial charge in [-0.1, -0.05) is 35.4 Å². The molecule has 3 rings (SSSR count). The molecule has 0 saturated heterocycles. The number of hydrogen-bond donors (Lipinski definition) is 0. The fourth-order valence-corrected chi connectivity index (χ4v) is 1.70. The van der Waals surface area contributed by atoms with E-state index in [1.165, 1.54) is 0 Å². The van der Waals surface area contributed by atoms with Gasteiger partial charge in [-0.3, -0.25) is 4.79 Å². The first-order chi connectivity index (χ1) is 7.36. The molecule has 4 nitrogen and oxygen atoms in total. The predicted octanol–water partition coefficient (Wildman–Crippen LogP) is 1.74. The molecule has 0 aliphatic carbocycles. The minimum atomic E-state index is -0.354. The molecular weight excluding hydrogens is 192 g/mol. The molecule has 72 valence electrons. The maximum atomic E-state index is 11.6. The van der Waals surface area contributed by atoms with Crippen LogP contribution in [-0.2, 0) is 0 Å². The molecule has 0 radical (unpaired) electrons. The first-order valence-electron chi connectivity index (χ1n) is 4.50. The van der Waals surface area contributed by atoms with Crippen molar-refractivity contribution in [1.82, 2.24) is 10.4 Å². The van der Waals surface area contributed by atoms with Crippen LogP contribution in [0.4, 0.5) is 0 Å². The fourth-order valence-electron chi connectivity index (χ4n) is 1.70. The van der Waals surface area contributed by atoms with Crippen LogP contribution in [0.3, 0.4) is 0 Å². The van der Waals surface area contributed by atoms with Gasteiger partial charge in [0, 0.05) is 5.27 Å². The van der Waals surface area contributed by atoms with Gasteiger partial charge in [0.1, 0.15) is 0 Å². The van der Waals surface area contributed by atoms with Crippen molar-refractivity contribution in [1.29, 1.82) is 0 Å². The van der Waals surface area contributed by atoms with Crippen LogP contribution < -0.4 is 5.56 Å². The summed E-state index contributed by atoms with van der Waals surface area (Å²) in [4.78, 5) is 11.6. The highest BCUT2D eigenvalue weighted by atomic mass is 16.5. The van der Waals surface area contributed by atoms with E-state index in [0.717, 1.165) is 10.8 Å². The van der Waals surface area contributed by atoms with Crippen LogP contribution in [0.15, 0.2) is 45.7 Å². The molecular formula is C11H6N2O2. The van der Waals surface area contributed by atoms with Crippen LogP contribution >= 0.6 is 0 Å². The molecule has 0 unspecified atom stereocenters. The Bertz CT molecular complexity index is 703. The second-order valence-electron chi connectivity index (χ2n) is 3.24. The van der Waals surface area contributed by atoms with Crippen LogP contribution in [-0.4, -0.2) is 10.4 Å². The van der Waals surface area contributed by atoms with E-state index in [9.17, 15) is 4.79 Å². The number of fused-ring (bicyclic) bond motifs is 3. The summed E-state index contributed by atoms with van der Waals surface area (Å²) >= 11 is 0. The van der Waals surface area contributed by atoms with Gasteiger partial charge in [0.15, 0.2) is 5.58 Å². The SMILES string of the molecule is O=c1nnoc2ccc3ccccc3c12. The fraction of sp³-hybridized carbons (Fsp3) is 0. The van der Waals surface area contributed by atoms with Gasteiger partial charge < -0.3 is 4.52 Å². The summed E-state index contributed by atoms with van der Waals surface area (Å²) in [5, 5.41) is 8.99. The van der Waals surface area contributed by atoms with Gasteiger partial charge >= 0.3 is 5.56 Å². The topological polar surface area (TPSA) is 56.0 Å². The molecule has 3 aromatic rings. The number of nitrogens with zero attached hydrogens (tertiary/aromatic N) is 2. The number of benzene rings is 2. The van der Waals surface area contributed by atoms with Crippen LogP contribution in [0.1, 0.15) is 0 Å². The quantitative estimate of drug-likeness (QED) is 0.516. The number of hydrogen-bond acceptors (Lipinski definition) is 4. The molecule has 2 aromatic carbocycles. The summed E-state index contributed by atoms with van der Waals surface area (Å²) in [5.74, 6) is 0. The molecule has 0 N–H and O–H groups in total. The smallest absolute Gasteiger partial charge is 0.303 e. The second-order valence-corrected chi connectivity index (χ2v) is 3.24. The summed E-state index contributed by atoms with van der Waals surface area (Å²) in [6, 6.07) is 11.2. The lowest BCUT2D eigenvalue weighted by molar-refractivity contribution is 0.395. The second kappa shape index (κ2) is 2.88. The Labute approximate surface area is 84.1 Å². The number of rotatable bonds is 0. The maximum Gasteiger partial charge on any atom is 0.303 e. The Morgan fingerprint density at radius 2 is 1.93 bits per heavy atom. The average Bonchev–Trinajstić information content (AvgIpc) is 2.29. The molecule has 4 heteroatoms. The van der Waals surface area contributed by atoms with Gasteiger partial charge in [-0.25, -0.2) is 0 Å². The van der Waals surface area contributed by atoms with E-state index in [1.807, 2.05) is 30.3 Å². The van der Waals surface area contributed by atoms with E-state index >= 15 is 0 Å². The molecule has 0 bridgehead atoms. The zero-order valence-corrected chi connectivity index (χ0v) is 7.68. The van der Waals surface area contributed by atoms with Crippen molar-refractivity contribution in [2.45, 2.75) is 0 Å². The lowest BCUT2D eigenvalue weighted by Gasteiger charge is -1.98. The number of aromatic nitrogens is 2. The van der Waals surface area contributed by atoms with E-state index in [1.54, 1.807) is 6.07 Å².